The lowest BCUT2D eigenvalue weighted by Crippen LogP contribution is -2.36. The van der Waals surface area contributed by atoms with E-state index in [4.69, 9.17) is 4.42 Å². The standard InChI is InChI=1S/C23H25F3N4O2/c1-16-3-9-19(10-4-16)20-12-28-21(32-20)13-30-22(27-2)29-11-17-5-7-18(8-6-17)14-31-15-23(24,25)26/h3-10,12H,11,13-15H2,1-2H3,(H2,27,29,30). The van der Waals surface area contributed by atoms with E-state index < -0.39 is 12.8 Å². The smallest absolute Gasteiger partial charge is 0.411 e. The third-order valence-corrected chi connectivity index (χ3v) is 4.54. The van der Waals surface area contributed by atoms with Crippen LogP contribution >= 0.6 is 0 Å². The molecular formula is C23H25F3N4O2. The van der Waals surface area contributed by atoms with Crippen LogP contribution in [0.1, 0.15) is 22.6 Å². The fourth-order valence-corrected chi connectivity index (χ4v) is 2.85. The van der Waals surface area contributed by atoms with Gasteiger partial charge in [0.25, 0.3) is 0 Å². The Balaban J connectivity index is 1.44. The van der Waals surface area contributed by atoms with Crippen LogP contribution < -0.4 is 10.6 Å². The SMILES string of the molecule is CN=C(NCc1ccc(COCC(F)(F)F)cc1)NCc1ncc(-c2ccc(C)cc2)o1. The van der Waals surface area contributed by atoms with Crippen LogP contribution in [0.15, 0.2) is 64.1 Å². The summed E-state index contributed by atoms with van der Waals surface area (Å²) in [4.78, 5) is 8.47. The summed E-state index contributed by atoms with van der Waals surface area (Å²) in [6, 6.07) is 15.1. The second-order valence-electron chi connectivity index (χ2n) is 7.19. The Kier molecular flexibility index (Phi) is 7.88. The van der Waals surface area contributed by atoms with Crippen molar-refractivity contribution in [2.75, 3.05) is 13.7 Å². The van der Waals surface area contributed by atoms with Gasteiger partial charge in [0.15, 0.2) is 11.7 Å². The molecule has 1 heterocycles. The lowest BCUT2D eigenvalue weighted by atomic mass is 10.1. The molecule has 32 heavy (non-hydrogen) atoms. The number of hydrogen-bond acceptors (Lipinski definition) is 4. The number of aliphatic imine (C=N–C) groups is 1. The number of aromatic nitrogens is 1. The van der Waals surface area contributed by atoms with Gasteiger partial charge in [-0.3, -0.25) is 4.99 Å². The van der Waals surface area contributed by atoms with Crippen LogP contribution in [-0.2, 0) is 24.4 Å². The van der Waals surface area contributed by atoms with Crippen molar-refractivity contribution in [1.29, 1.82) is 0 Å². The van der Waals surface area contributed by atoms with Gasteiger partial charge in [-0.15, -0.1) is 0 Å². The fraction of sp³-hybridized carbons (Fsp3) is 0.304. The largest absolute Gasteiger partial charge is 0.439 e. The highest BCUT2D eigenvalue weighted by molar-refractivity contribution is 5.79. The van der Waals surface area contributed by atoms with Gasteiger partial charge in [0.2, 0.25) is 5.89 Å². The van der Waals surface area contributed by atoms with E-state index in [0.29, 0.717) is 36.3 Å². The van der Waals surface area contributed by atoms with Gasteiger partial charge in [-0.1, -0.05) is 54.1 Å². The third-order valence-electron chi connectivity index (χ3n) is 4.54. The topological polar surface area (TPSA) is 71.7 Å². The highest BCUT2D eigenvalue weighted by Crippen LogP contribution is 2.20. The molecule has 0 bridgehead atoms. The Bertz CT molecular complexity index is 1010. The van der Waals surface area contributed by atoms with E-state index in [1.165, 1.54) is 5.56 Å². The normalized spacial score (nSPS) is 12.1. The predicted molar refractivity (Wildman–Crippen MR) is 116 cm³/mol. The summed E-state index contributed by atoms with van der Waals surface area (Å²) >= 11 is 0. The van der Waals surface area contributed by atoms with Crippen LogP contribution in [0.2, 0.25) is 0 Å². The minimum absolute atomic E-state index is 0.0861. The number of nitrogens with one attached hydrogen (secondary N) is 2. The second-order valence-corrected chi connectivity index (χ2v) is 7.19. The van der Waals surface area contributed by atoms with Gasteiger partial charge in [0.05, 0.1) is 19.3 Å². The minimum Gasteiger partial charge on any atom is -0.439 e. The summed E-state index contributed by atoms with van der Waals surface area (Å²) < 4.78 is 46.9. The molecule has 0 saturated heterocycles. The molecule has 0 aliphatic carbocycles. The first-order valence-electron chi connectivity index (χ1n) is 10.0. The number of alkyl halides is 3. The average Bonchev–Trinajstić information content (AvgIpc) is 3.23. The van der Waals surface area contributed by atoms with Crippen LogP contribution in [0.4, 0.5) is 13.2 Å². The van der Waals surface area contributed by atoms with Gasteiger partial charge in [-0.25, -0.2) is 4.98 Å². The molecule has 3 rings (SSSR count). The molecule has 2 aromatic carbocycles. The Hall–Kier alpha value is -3.33. The molecule has 0 spiro atoms. The van der Waals surface area contributed by atoms with Crippen molar-refractivity contribution in [3.8, 4) is 11.3 Å². The van der Waals surface area contributed by atoms with Gasteiger partial charge in [0.1, 0.15) is 6.61 Å². The number of halogens is 3. The summed E-state index contributed by atoms with van der Waals surface area (Å²) in [6.45, 7) is 1.54. The third kappa shape index (κ3) is 7.42. The van der Waals surface area contributed by atoms with Crippen molar-refractivity contribution in [3.05, 3.63) is 77.3 Å². The lowest BCUT2D eigenvalue weighted by Gasteiger charge is -2.11. The number of benzene rings is 2. The quantitative estimate of drug-likeness (QED) is 0.391. The van der Waals surface area contributed by atoms with Gasteiger partial charge < -0.3 is 19.8 Å². The number of oxazole rings is 1. The highest BCUT2D eigenvalue weighted by atomic mass is 19.4. The molecule has 0 aliphatic heterocycles. The van der Waals surface area contributed by atoms with Crippen LogP contribution in [0.5, 0.6) is 0 Å². The van der Waals surface area contributed by atoms with E-state index in [-0.39, 0.29) is 6.61 Å². The van der Waals surface area contributed by atoms with Crippen molar-refractivity contribution in [3.63, 3.8) is 0 Å². The monoisotopic (exact) mass is 446 g/mol. The van der Waals surface area contributed by atoms with E-state index in [2.05, 4.69) is 25.3 Å². The van der Waals surface area contributed by atoms with Gasteiger partial charge in [-0.2, -0.15) is 13.2 Å². The summed E-state index contributed by atoms with van der Waals surface area (Å²) in [5.74, 6) is 1.80. The van der Waals surface area contributed by atoms with E-state index >= 15 is 0 Å². The second kappa shape index (κ2) is 10.8. The van der Waals surface area contributed by atoms with Crippen LogP contribution in [0.3, 0.4) is 0 Å². The first-order valence-corrected chi connectivity index (χ1v) is 10.0. The number of guanidine groups is 1. The van der Waals surface area contributed by atoms with Crippen LogP contribution in [0, 0.1) is 6.92 Å². The molecule has 0 atom stereocenters. The molecular weight excluding hydrogens is 421 g/mol. The zero-order valence-electron chi connectivity index (χ0n) is 17.9. The predicted octanol–water partition coefficient (Wildman–Crippen LogP) is 4.59. The molecule has 170 valence electrons. The molecule has 0 aliphatic rings. The first kappa shape index (κ1) is 23.3. The van der Waals surface area contributed by atoms with Crippen molar-refractivity contribution >= 4 is 5.96 Å². The highest BCUT2D eigenvalue weighted by Gasteiger charge is 2.27. The van der Waals surface area contributed by atoms with Gasteiger partial charge >= 0.3 is 6.18 Å². The fourth-order valence-electron chi connectivity index (χ4n) is 2.85. The minimum atomic E-state index is -4.32. The zero-order chi connectivity index (χ0) is 23.0. The van der Waals surface area contributed by atoms with Gasteiger partial charge in [-0.05, 0) is 18.1 Å². The Morgan fingerprint density at radius 3 is 2.31 bits per heavy atom. The number of nitrogens with zero attached hydrogens (tertiary/aromatic N) is 2. The molecule has 1 aromatic heterocycles. The van der Waals surface area contributed by atoms with Crippen molar-refractivity contribution in [2.45, 2.75) is 32.8 Å². The Labute approximate surface area is 184 Å². The molecule has 0 unspecified atom stereocenters. The molecule has 0 amide bonds. The summed E-state index contributed by atoms with van der Waals surface area (Å²) in [5.41, 5.74) is 3.76. The molecule has 0 saturated carbocycles. The molecule has 9 heteroatoms. The summed E-state index contributed by atoms with van der Waals surface area (Å²) in [6.07, 6.45) is -2.63. The average molecular weight is 446 g/mol. The van der Waals surface area contributed by atoms with E-state index in [1.54, 1.807) is 25.4 Å². The van der Waals surface area contributed by atoms with E-state index in [9.17, 15) is 13.2 Å². The molecule has 0 fully saturated rings. The zero-order valence-corrected chi connectivity index (χ0v) is 17.9. The van der Waals surface area contributed by atoms with Crippen LogP contribution in [0.25, 0.3) is 11.3 Å². The number of hydrogen-bond donors (Lipinski definition) is 2. The maximum absolute atomic E-state index is 12.1. The maximum atomic E-state index is 12.1. The molecule has 6 nitrogen and oxygen atoms in total. The Morgan fingerprint density at radius 2 is 1.66 bits per heavy atom. The molecule has 0 radical (unpaired) electrons. The lowest BCUT2D eigenvalue weighted by molar-refractivity contribution is -0.176. The molecule has 2 N–H and O–H groups in total. The van der Waals surface area contributed by atoms with E-state index in [0.717, 1.165) is 11.1 Å². The Morgan fingerprint density at radius 1 is 1.00 bits per heavy atom. The summed E-state index contributed by atoms with van der Waals surface area (Å²) in [7, 11) is 1.66. The van der Waals surface area contributed by atoms with Crippen molar-refractivity contribution in [1.82, 2.24) is 15.6 Å². The van der Waals surface area contributed by atoms with Gasteiger partial charge in [0, 0.05) is 19.2 Å². The maximum Gasteiger partial charge on any atom is 0.411 e. The number of aryl methyl sites for hydroxylation is 1. The van der Waals surface area contributed by atoms with Crippen molar-refractivity contribution < 1.29 is 22.3 Å². The number of ether oxygens (including phenoxy) is 1. The first-order chi connectivity index (χ1) is 15.3. The summed E-state index contributed by atoms with van der Waals surface area (Å²) in [5, 5.41) is 6.31. The number of rotatable bonds is 8. The molecule has 3 aromatic rings. The van der Waals surface area contributed by atoms with E-state index in [1.807, 2.05) is 43.3 Å². The van der Waals surface area contributed by atoms with Crippen molar-refractivity contribution in [2.24, 2.45) is 4.99 Å². The van der Waals surface area contributed by atoms with Crippen LogP contribution in [-0.4, -0.2) is 30.8 Å².